The summed E-state index contributed by atoms with van der Waals surface area (Å²) >= 11 is 0. The Hall–Kier alpha value is -3.08. The van der Waals surface area contributed by atoms with Crippen molar-refractivity contribution in [3.63, 3.8) is 0 Å². The highest BCUT2D eigenvalue weighted by atomic mass is 16.5. The Bertz CT molecular complexity index is 872. The van der Waals surface area contributed by atoms with Crippen molar-refractivity contribution in [1.82, 2.24) is 9.97 Å². The molecule has 3 rings (SSSR count). The zero-order valence-corrected chi connectivity index (χ0v) is 14.5. The number of aromatic amines is 1. The van der Waals surface area contributed by atoms with Crippen LogP contribution in [0, 0.1) is 13.8 Å². The second-order valence-electron chi connectivity index (χ2n) is 5.97. The fourth-order valence-corrected chi connectivity index (χ4v) is 3.00. The summed E-state index contributed by atoms with van der Waals surface area (Å²) in [6.45, 7) is 4.24. The third-order valence-electron chi connectivity index (χ3n) is 4.44. The summed E-state index contributed by atoms with van der Waals surface area (Å²) in [5, 5.41) is 2.72. The standard InChI is InChI=1S/C20H21N3O2/c1-13-6-4-9-17(14(13)2)19(18-11-21-12-22-18)15-7-5-8-16(10-15)23-20(24)25-3/h4-12,19H,1-3H3,(H,21,22)(H,23,24). The van der Waals surface area contributed by atoms with Gasteiger partial charge in [0, 0.05) is 17.6 Å². The molecule has 3 aromatic rings. The van der Waals surface area contributed by atoms with E-state index in [1.807, 2.05) is 24.4 Å². The van der Waals surface area contributed by atoms with Gasteiger partial charge in [0.25, 0.3) is 0 Å². The van der Waals surface area contributed by atoms with Gasteiger partial charge in [-0.2, -0.15) is 0 Å². The molecule has 2 N–H and O–H groups in total. The number of aryl methyl sites for hydroxylation is 1. The molecule has 1 atom stereocenters. The van der Waals surface area contributed by atoms with Crippen molar-refractivity contribution in [3.05, 3.63) is 82.9 Å². The van der Waals surface area contributed by atoms with Crippen molar-refractivity contribution in [2.45, 2.75) is 19.8 Å². The molecular weight excluding hydrogens is 314 g/mol. The lowest BCUT2D eigenvalue weighted by Crippen LogP contribution is -2.12. The molecule has 2 aromatic carbocycles. The molecule has 0 aliphatic carbocycles. The molecule has 1 heterocycles. The highest BCUT2D eigenvalue weighted by Crippen LogP contribution is 2.34. The number of amides is 1. The van der Waals surface area contributed by atoms with Gasteiger partial charge in [-0.25, -0.2) is 9.78 Å². The van der Waals surface area contributed by atoms with Crippen LogP contribution in [0.15, 0.2) is 55.0 Å². The van der Waals surface area contributed by atoms with Crippen LogP contribution in [0.5, 0.6) is 0 Å². The van der Waals surface area contributed by atoms with Crippen LogP contribution in [0.25, 0.3) is 0 Å². The highest BCUT2D eigenvalue weighted by molar-refractivity contribution is 5.84. The van der Waals surface area contributed by atoms with E-state index in [0.717, 1.165) is 11.3 Å². The Morgan fingerprint density at radius 3 is 2.72 bits per heavy atom. The topological polar surface area (TPSA) is 67.0 Å². The fraction of sp³-hybridized carbons (Fsp3) is 0.200. The molecule has 0 radical (unpaired) electrons. The summed E-state index contributed by atoms with van der Waals surface area (Å²) in [5.74, 6) is 0.00166. The first-order valence-electron chi connectivity index (χ1n) is 8.09. The smallest absolute Gasteiger partial charge is 0.411 e. The quantitative estimate of drug-likeness (QED) is 0.743. The number of carbonyl (C=O) groups excluding carboxylic acids is 1. The summed E-state index contributed by atoms with van der Waals surface area (Å²) in [6.07, 6.45) is 3.04. The van der Waals surface area contributed by atoms with E-state index in [9.17, 15) is 4.79 Å². The first-order chi connectivity index (χ1) is 12.1. The number of nitrogens with one attached hydrogen (secondary N) is 2. The summed E-state index contributed by atoms with van der Waals surface area (Å²) in [7, 11) is 1.35. The highest BCUT2D eigenvalue weighted by Gasteiger charge is 2.21. The monoisotopic (exact) mass is 335 g/mol. The van der Waals surface area contributed by atoms with Gasteiger partial charge in [-0.15, -0.1) is 0 Å². The van der Waals surface area contributed by atoms with Crippen molar-refractivity contribution in [1.29, 1.82) is 0 Å². The van der Waals surface area contributed by atoms with Crippen molar-refractivity contribution >= 4 is 11.8 Å². The van der Waals surface area contributed by atoms with Gasteiger partial charge in [0.05, 0.1) is 19.4 Å². The first kappa shape index (κ1) is 16.8. The molecule has 5 heteroatoms. The number of methoxy groups -OCH3 is 1. The maximum Gasteiger partial charge on any atom is 0.411 e. The minimum absolute atomic E-state index is 0.00166. The van der Waals surface area contributed by atoms with Crippen LogP contribution in [-0.2, 0) is 4.74 Å². The summed E-state index contributed by atoms with van der Waals surface area (Å²) in [5.41, 5.74) is 6.45. The van der Waals surface area contributed by atoms with Gasteiger partial charge in [-0.05, 0) is 48.2 Å². The van der Waals surface area contributed by atoms with E-state index in [1.54, 1.807) is 6.33 Å². The van der Waals surface area contributed by atoms with E-state index in [-0.39, 0.29) is 5.92 Å². The maximum atomic E-state index is 11.5. The van der Waals surface area contributed by atoms with Gasteiger partial charge >= 0.3 is 6.09 Å². The third-order valence-corrected chi connectivity index (χ3v) is 4.44. The van der Waals surface area contributed by atoms with Crippen molar-refractivity contribution < 1.29 is 9.53 Å². The van der Waals surface area contributed by atoms with Crippen LogP contribution in [0.2, 0.25) is 0 Å². The molecule has 25 heavy (non-hydrogen) atoms. The number of anilines is 1. The maximum absolute atomic E-state index is 11.5. The molecule has 0 saturated heterocycles. The van der Waals surface area contributed by atoms with Crippen LogP contribution in [0.1, 0.15) is 33.9 Å². The summed E-state index contributed by atoms with van der Waals surface area (Å²) in [4.78, 5) is 18.9. The van der Waals surface area contributed by atoms with Crippen LogP contribution in [-0.4, -0.2) is 23.2 Å². The lowest BCUT2D eigenvalue weighted by Gasteiger charge is -2.20. The molecule has 0 aliphatic rings. The average Bonchev–Trinajstić information content (AvgIpc) is 3.13. The molecular formula is C20H21N3O2. The van der Waals surface area contributed by atoms with Gasteiger partial charge in [0.15, 0.2) is 0 Å². The predicted molar refractivity (Wildman–Crippen MR) is 97.9 cm³/mol. The van der Waals surface area contributed by atoms with Gasteiger partial charge in [0.2, 0.25) is 0 Å². The molecule has 1 amide bonds. The van der Waals surface area contributed by atoms with Crippen LogP contribution >= 0.6 is 0 Å². The number of hydrogen-bond acceptors (Lipinski definition) is 3. The number of rotatable bonds is 4. The van der Waals surface area contributed by atoms with Crippen LogP contribution in [0.3, 0.4) is 0 Å². The van der Waals surface area contributed by atoms with Crippen molar-refractivity contribution in [2.75, 3.05) is 12.4 Å². The molecule has 1 aromatic heterocycles. The zero-order chi connectivity index (χ0) is 17.8. The first-order valence-corrected chi connectivity index (χ1v) is 8.09. The van der Waals surface area contributed by atoms with E-state index in [2.05, 4.69) is 58.1 Å². The average molecular weight is 335 g/mol. The summed E-state index contributed by atoms with van der Waals surface area (Å²) < 4.78 is 4.68. The number of imidazole rings is 1. The number of H-pyrrole nitrogens is 1. The number of hydrogen-bond donors (Lipinski definition) is 2. The number of carbonyl (C=O) groups is 1. The number of nitrogens with zero attached hydrogens (tertiary/aromatic N) is 1. The normalized spacial score (nSPS) is 11.8. The van der Waals surface area contributed by atoms with Crippen molar-refractivity contribution in [2.24, 2.45) is 0 Å². The lowest BCUT2D eigenvalue weighted by atomic mass is 9.85. The summed E-state index contributed by atoms with van der Waals surface area (Å²) in [6, 6.07) is 14.1. The largest absolute Gasteiger partial charge is 0.453 e. The molecule has 0 saturated carbocycles. The van der Waals surface area contributed by atoms with Gasteiger partial charge in [-0.1, -0.05) is 30.3 Å². The minimum Gasteiger partial charge on any atom is -0.453 e. The molecule has 0 fully saturated rings. The number of aromatic nitrogens is 2. The second kappa shape index (κ2) is 7.21. The Labute approximate surface area is 147 Å². The molecule has 0 bridgehead atoms. The Morgan fingerprint density at radius 2 is 2.00 bits per heavy atom. The van der Waals surface area contributed by atoms with E-state index < -0.39 is 6.09 Å². The molecule has 0 spiro atoms. The predicted octanol–water partition coefficient (Wildman–Crippen LogP) is 4.39. The van der Waals surface area contributed by atoms with Crippen LogP contribution < -0.4 is 5.32 Å². The van der Waals surface area contributed by atoms with Gasteiger partial charge in [-0.3, -0.25) is 5.32 Å². The number of benzene rings is 2. The fourth-order valence-electron chi connectivity index (χ4n) is 3.00. The molecule has 0 aliphatic heterocycles. The Balaban J connectivity index is 2.09. The minimum atomic E-state index is -0.484. The molecule has 1 unspecified atom stereocenters. The Kier molecular flexibility index (Phi) is 4.84. The lowest BCUT2D eigenvalue weighted by molar-refractivity contribution is 0.187. The number of ether oxygens (including phenoxy) is 1. The third kappa shape index (κ3) is 3.55. The van der Waals surface area contributed by atoms with E-state index >= 15 is 0 Å². The van der Waals surface area contributed by atoms with E-state index in [1.165, 1.54) is 23.8 Å². The van der Waals surface area contributed by atoms with Gasteiger partial charge < -0.3 is 9.72 Å². The SMILES string of the molecule is COC(=O)Nc1cccc(C(c2cnc[nH]2)c2cccc(C)c2C)c1. The molecule has 128 valence electrons. The van der Waals surface area contributed by atoms with E-state index in [4.69, 9.17) is 0 Å². The molecule has 5 nitrogen and oxygen atoms in total. The van der Waals surface area contributed by atoms with E-state index in [0.29, 0.717) is 5.69 Å². The Morgan fingerprint density at radius 1 is 1.20 bits per heavy atom. The van der Waals surface area contributed by atoms with Crippen molar-refractivity contribution in [3.8, 4) is 0 Å². The second-order valence-corrected chi connectivity index (χ2v) is 5.97. The van der Waals surface area contributed by atoms with Gasteiger partial charge in [0.1, 0.15) is 0 Å². The van der Waals surface area contributed by atoms with Crippen LogP contribution in [0.4, 0.5) is 10.5 Å². The zero-order valence-electron chi connectivity index (χ0n) is 14.5.